The highest BCUT2D eigenvalue weighted by Crippen LogP contribution is 2.64. The summed E-state index contributed by atoms with van der Waals surface area (Å²) in [7, 11) is -4.35. The molecule has 0 unspecified atom stereocenters. The number of rotatable bonds is 8. The summed E-state index contributed by atoms with van der Waals surface area (Å²) in [5.74, 6) is 0. The van der Waals surface area contributed by atoms with E-state index in [0.29, 0.717) is 0 Å². The quantitative estimate of drug-likeness (QED) is 0.111. The first-order chi connectivity index (χ1) is 37.0. The van der Waals surface area contributed by atoms with E-state index < -0.39 is 16.1 Å². The second-order valence-electron chi connectivity index (χ2n) is 25.3. The second kappa shape index (κ2) is 16.6. The minimum atomic E-state index is -2.18. The summed E-state index contributed by atoms with van der Waals surface area (Å²) in [6, 6.07) is 83.4. The standard InChI is InChI=1S/C73H66N2Si2/c1-71(2)64-31-21-19-28-56(64)58-40-35-52(45-66(58)71)74(48-23-13-11-14-24-48)50-34-39-54-47(43-50)33-38-62-68-60-30-18-17-27-55(60)63-44-51(37-42-61(63)70(68)73(69(54)62,76(5,6)7)77(8,9)10)75(49-25-15-12-16-26-49)53-36-41-59-57-29-20-22-32-65(57)72(3,4)67(59)46-53/h11-46H,1-10H3. The van der Waals surface area contributed by atoms with E-state index >= 15 is 0 Å². The van der Waals surface area contributed by atoms with Crippen molar-refractivity contribution in [2.24, 2.45) is 0 Å². The third-order valence-electron chi connectivity index (χ3n) is 18.5. The highest BCUT2D eigenvalue weighted by Gasteiger charge is 2.61. The molecule has 0 N–H and O–H groups in total. The smallest absolute Gasteiger partial charge is 0.0579 e. The number of hydrogen-bond donors (Lipinski definition) is 0. The van der Waals surface area contributed by atoms with Crippen molar-refractivity contribution in [1.29, 1.82) is 0 Å². The van der Waals surface area contributed by atoms with Gasteiger partial charge >= 0.3 is 0 Å². The SMILES string of the molecule is CC1(C)c2ccccc2-c2ccc(N(c3ccccc3)c3ccc4c5c(ccc4c3)-c3c(c4ccc(N(c6ccccc6)c6ccc7c(c6)C(C)(C)c6ccccc6-7)cc4c4ccccc34)C5([Si](C)(C)C)[Si](C)(C)C)cc21. The Hall–Kier alpha value is -7.77. The summed E-state index contributed by atoms with van der Waals surface area (Å²) in [5.41, 5.74) is 23.7. The molecule has 0 atom stereocenters. The third-order valence-corrected chi connectivity index (χ3v) is 28.5. The van der Waals surface area contributed by atoms with Gasteiger partial charge in [-0.05, 0) is 172 Å². The van der Waals surface area contributed by atoms with Crippen molar-refractivity contribution in [2.45, 2.75) is 82.5 Å². The fourth-order valence-electron chi connectivity index (χ4n) is 15.5. The van der Waals surface area contributed by atoms with Gasteiger partial charge in [-0.15, -0.1) is 0 Å². The first kappa shape index (κ1) is 47.7. The molecular weight excluding hydrogens is 961 g/mol. The van der Waals surface area contributed by atoms with Crippen LogP contribution in [0.15, 0.2) is 218 Å². The summed E-state index contributed by atoms with van der Waals surface area (Å²) in [4.78, 5) is 4.97. The van der Waals surface area contributed by atoms with Crippen LogP contribution in [0.2, 0.25) is 39.3 Å². The van der Waals surface area contributed by atoms with Gasteiger partial charge in [0.05, 0.1) is 16.1 Å². The van der Waals surface area contributed by atoms with Gasteiger partial charge in [0.2, 0.25) is 0 Å². The van der Waals surface area contributed by atoms with Crippen molar-refractivity contribution in [1.82, 2.24) is 0 Å². The van der Waals surface area contributed by atoms with Gasteiger partial charge in [0, 0.05) is 49.6 Å². The van der Waals surface area contributed by atoms with Crippen LogP contribution in [-0.4, -0.2) is 16.1 Å². The molecule has 11 aromatic carbocycles. The highest BCUT2D eigenvalue weighted by molar-refractivity contribution is 7.00. The van der Waals surface area contributed by atoms with Crippen LogP contribution in [-0.2, 0) is 15.5 Å². The van der Waals surface area contributed by atoms with Crippen molar-refractivity contribution in [3.05, 3.63) is 252 Å². The van der Waals surface area contributed by atoms with Crippen molar-refractivity contribution in [3.8, 4) is 33.4 Å². The van der Waals surface area contributed by atoms with E-state index in [1.165, 1.54) is 111 Å². The monoisotopic (exact) mass is 1030 g/mol. The molecular formula is C73H66N2Si2. The summed E-state index contributed by atoms with van der Waals surface area (Å²) < 4.78 is -0.130. The lowest BCUT2D eigenvalue weighted by Crippen LogP contribution is -2.63. The van der Waals surface area contributed by atoms with Crippen LogP contribution >= 0.6 is 0 Å². The van der Waals surface area contributed by atoms with Crippen LogP contribution in [0, 0.1) is 0 Å². The van der Waals surface area contributed by atoms with E-state index in [4.69, 9.17) is 0 Å². The number of hydrogen-bond acceptors (Lipinski definition) is 2. The summed E-state index contributed by atoms with van der Waals surface area (Å²) in [6.07, 6.45) is 0. The Balaban J connectivity index is 0.975. The van der Waals surface area contributed by atoms with Crippen LogP contribution in [0.4, 0.5) is 34.1 Å². The number of anilines is 6. The van der Waals surface area contributed by atoms with Gasteiger partial charge in [0.1, 0.15) is 0 Å². The molecule has 0 aliphatic heterocycles. The normalized spacial score (nSPS) is 15.2. The Kier molecular flexibility index (Phi) is 10.3. The third kappa shape index (κ3) is 6.65. The summed E-state index contributed by atoms with van der Waals surface area (Å²) in [5, 5.41) is 8.05. The molecule has 3 aliphatic carbocycles. The molecule has 3 aliphatic rings. The van der Waals surface area contributed by atoms with Crippen LogP contribution in [0.5, 0.6) is 0 Å². The molecule has 0 bridgehead atoms. The molecule has 11 aromatic rings. The van der Waals surface area contributed by atoms with Crippen LogP contribution < -0.4 is 9.80 Å². The fraction of sp³-hybridized carbons (Fsp3) is 0.178. The van der Waals surface area contributed by atoms with Gasteiger partial charge < -0.3 is 9.80 Å². The lowest BCUT2D eigenvalue weighted by atomic mass is 9.82. The Morgan fingerprint density at radius 1 is 0.286 bits per heavy atom. The number of fused-ring (bicyclic) bond motifs is 16. The molecule has 0 heterocycles. The van der Waals surface area contributed by atoms with Crippen LogP contribution in [0.25, 0.3) is 65.7 Å². The van der Waals surface area contributed by atoms with E-state index in [-0.39, 0.29) is 15.5 Å². The zero-order valence-electron chi connectivity index (χ0n) is 46.2. The molecule has 0 spiro atoms. The van der Waals surface area contributed by atoms with E-state index in [1.54, 1.807) is 11.1 Å². The molecule has 376 valence electrons. The second-order valence-corrected chi connectivity index (χ2v) is 36.3. The Labute approximate surface area is 457 Å². The lowest BCUT2D eigenvalue weighted by molar-refractivity contribution is 0.660. The van der Waals surface area contributed by atoms with Gasteiger partial charge in [-0.3, -0.25) is 0 Å². The van der Waals surface area contributed by atoms with Crippen LogP contribution in [0.1, 0.15) is 61.1 Å². The van der Waals surface area contributed by atoms with Crippen molar-refractivity contribution >= 4 is 82.6 Å². The first-order valence-electron chi connectivity index (χ1n) is 27.8. The van der Waals surface area contributed by atoms with Gasteiger partial charge in [-0.1, -0.05) is 213 Å². The molecule has 0 fully saturated rings. The maximum absolute atomic E-state index is 2.67. The van der Waals surface area contributed by atoms with E-state index in [1.807, 2.05) is 0 Å². The number of nitrogens with zero attached hydrogens (tertiary/aromatic N) is 2. The largest absolute Gasteiger partial charge is 0.310 e. The van der Waals surface area contributed by atoms with E-state index in [9.17, 15) is 0 Å². The Bertz CT molecular complexity index is 4240. The zero-order valence-corrected chi connectivity index (χ0v) is 48.2. The Morgan fingerprint density at radius 3 is 1.23 bits per heavy atom. The maximum atomic E-state index is 2.67. The fourth-order valence-corrected chi connectivity index (χ4v) is 28.6. The molecule has 0 saturated carbocycles. The molecule has 14 rings (SSSR count). The molecule has 0 radical (unpaired) electrons. The Morgan fingerprint density at radius 2 is 0.701 bits per heavy atom. The highest BCUT2D eigenvalue weighted by atomic mass is 28.4. The van der Waals surface area contributed by atoms with Crippen molar-refractivity contribution in [3.63, 3.8) is 0 Å². The lowest BCUT2D eigenvalue weighted by Gasteiger charge is -2.52. The van der Waals surface area contributed by atoms with Gasteiger partial charge in [-0.25, -0.2) is 0 Å². The number of para-hydroxylation sites is 2. The predicted octanol–water partition coefficient (Wildman–Crippen LogP) is 20.7. The molecule has 2 nitrogen and oxygen atoms in total. The minimum Gasteiger partial charge on any atom is -0.310 e. The molecule has 0 saturated heterocycles. The average molecular weight is 1030 g/mol. The number of benzene rings is 11. The molecule has 77 heavy (non-hydrogen) atoms. The van der Waals surface area contributed by atoms with E-state index in [2.05, 4.69) is 295 Å². The maximum Gasteiger partial charge on any atom is 0.0579 e. The van der Waals surface area contributed by atoms with Crippen molar-refractivity contribution in [2.75, 3.05) is 9.80 Å². The van der Waals surface area contributed by atoms with Crippen molar-refractivity contribution < 1.29 is 0 Å². The molecule has 4 heteroatoms. The predicted molar refractivity (Wildman–Crippen MR) is 336 cm³/mol. The molecule has 0 amide bonds. The summed E-state index contributed by atoms with van der Waals surface area (Å²) in [6.45, 7) is 25.5. The van der Waals surface area contributed by atoms with Gasteiger partial charge in [0.15, 0.2) is 0 Å². The van der Waals surface area contributed by atoms with E-state index in [0.717, 1.165) is 11.4 Å². The minimum absolute atomic E-state index is 0.107. The van der Waals surface area contributed by atoms with Gasteiger partial charge in [0.25, 0.3) is 0 Å². The molecule has 0 aromatic heterocycles. The van der Waals surface area contributed by atoms with Gasteiger partial charge in [-0.2, -0.15) is 0 Å². The zero-order chi connectivity index (χ0) is 53.0. The average Bonchev–Trinajstić information content (AvgIpc) is 4.21. The topological polar surface area (TPSA) is 6.48 Å². The first-order valence-corrected chi connectivity index (χ1v) is 34.8. The summed E-state index contributed by atoms with van der Waals surface area (Å²) >= 11 is 0. The van der Waals surface area contributed by atoms with Crippen LogP contribution in [0.3, 0.4) is 0 Å².